The van der Waals surface area contributed by atoms with Crippen molar-refractivity contribution in [1.82, 2.24) is 9.78 Å². The van der Waals surface area contributed by atoms with E-state index in [1.807, 2.05) is 16.8 Å². The minimum atomic E-state index is -0.328. The van der Waals surface area contributed by atoms with Crippen LogP contribution in [-0.2, 0) is 17.6 Å². The van der Waals surface area contributed by atoms with Gasteiger partial charge in [-0.15, -0.1) is 0 Å². The van der Waals surface area contributed by atoms with Crippen molar-refractivity contribution in [2.75, 3.05) is 7.11 Å². The normalized spacial score (nSPS) is 17.1. The molecule has 0 radical (unpaired) electrons. The summed E-state index contributed by atoms with van der Waals surface area (Å²) in [6.45, 7) is 2.11. The topological polar surface area (TPSA) is 70.1 Å². The number of hydrogen-bond acceptors (Lipinski definition) is 4. The van der Waals surface area contributed by atoms with Crippen molar-refractivity contribution < 1.29 is 9.53 Å². The van der Waals surface area contributed by atoms with E-state index in [1.165, 1.54) is 18.4 Å². The summed E-state index contributed by atoms with van der Waals surface area (Å²) in [6.07, 6.45) is 3.98. The molecule has 5 heteroatoms. The predicted octanol–water partition coefficient (Wildman–Crippen LogP) is 2.56. The molecule has 0 saturated heterocycles. The van der Waals surface area contributed by atoms with E-state index in [4.69, 9.17) is 15.6 Å². The standard InChI is InChI=1S/C17H21N3O2/c1-3-14-16-13(18)5-4-6-15(16)20(19-14)12-9-7-11(8-10-12)17(21)22-2/h7-10,13H,3-6,18H2,1-2H3. The molecule has 5 nitrogen and oxygen atoms in total. The average molecular weight is 299 g/mol. The van der Waals surface area contributed by atoms with Crippen molar-refractivity contribution in [2.24, 2.45) is 5.73 Å². The quantitative estimate of drug-likeness (QED) is 0.884. The Balaban J connectivity index is 2.03. The number of ether oxygens (including phenoxy) is 1. The van der Waals surface area contributed by atoms with Crippen LogP contribution in [0.2, 0.25) is 0 Å². The fourth-order valence-electron chi connectivity index (χ4n) is 3.15. The molecule has 0 spiro atoms. The zero-order valence-electron chi connectivity index (χ0n) is 13.0. The number of nitrogens with two attached hydrogens (primary N) is 1. The Bertz CT molecular complexity index is 689. The summed E-state index contributed by atoms with van der Waals surface area (Å²) in [4.78, 5) is 11.5. The molecule has 0 fully saturated rings. The lowest BCUT2D eigenvalue weighted by Crippen LogP contribution is -2.19. The maximum Gasteiger partial charge on any atom is 0.337 e. The van der Waals surface area contributed by atoms with Gasteiger partial charge in [0.25, 0.3) is 0 Å². The van der Waals surface area contributed by atoms with E-state index in [1.54, 1.807) is 12.1 Å². The molecule has 0 amide bonds. The summed E-state index contributed by atoms with van der Waals surface area (Å²) in [7, 11) is 1.38. The molecule has 1 heterocycles. The Hall–Kier alpha value is -2.14. The van der Waals surface area contributed by atoms with Gasteiger partial charge in [-0.05, 0) is 49.9 Å². The highest BCUT2D eigenvalue weighted by molar-refractivity contribution is 5.89. The molecule has 1 aromatic carbocycles. The first-order valence-corrected chi connectivity index (χ1v) is 7.70. The van der Waals surface area contributed by atoms with E-state index in [-0.39, 0.29) is 12.0 Å². The van der Waals surface area contributed by atoms with Crippen LogP contribution in [0.4, 0.5) is 0 Å². The highest BCUT2D eigenvalue weighted by Gasteiger charge is 2.26. The third-order valence-electron chi connectivity index (χ3n) is 4.27. The van der Waals surface area contributed by atoms with Gasteiger partial charge in [0, 0.05) is 17.3 Å². The molecule has 0 saturated carbocycles. The van der Waals surface area contributed by atoms with Crippen molar-refractivity contribution in [2.45, 2.75) is 38.6 Å². The van der Waals surface area contributed by atoms with Crippen LogP contribution in [-0.4, -0.2) is 22.9 Å². The lowest BCUT2D eigenvalue weighted by atomic mass is 9.91. The fourth-order valence-corrected chi connectivity index (χ4v) is 3.15. The summed E-state index contributed by atoms with van der Waals surface area (Å²) in [5.41, 5.74) is 11.3. The molecule has 3 rings (SSSR count). The molecule has 0 bridgehead atoms. The second kappa shape index (κ2) is 5.93. The van der Waals surface area contributed by atoms with Crippen LogP contribution in [0.25, 0.3) is 5.69 Å². The molecule has 2 aromatic rings. The first-order valence-electron chi connectivity index (χ1n) is 7.70. The van der Waals surface area contributed by atoms with Gasteiger partial charge >= 0.3 is 5.97 Å². The zero-order valence-corrected chi connectivity index (χ0v) is 13.0. The molecule has 1 aliphatic rings. The summed E-state index contributed by atoms with van der Waals surface area (Å²) in [6, 6.07) is 7.42. The fraction of sp³-hybridized carbons (Fsp3) is 0.412. The van der Waals surface area contributed by atoms with Crippen molar-refractivity contribution in [3.63, 3.8) is 0 Å². The number of rotatable bonds is 3. The highest BCUT2D eigenvalue weighted by Crippen LogP contribution is 2.32. The van der Waals surface area contributed by atoms with E-state index in [0.29, 0.717) is 5.56 Å². The van der Waals surface area contributed by atoms with Crippen molar-refractivity contribution in [3.8, 4) is 5.69 Å². The Morgan fingerprint density at radius 2 is 2.14 bits per heavy atom. The molecule has 1 aliphatic carbocycles. The van der Waals surface area contributed by atoms with E-state index < -0.39 is 0 Å². The van der Waals surface area contributed by atoms with E-state index in [0.717, 1.165) is 37.1 Å². The number of aromatic nitrogens is 2. The van der Waals surface area contributed by atoms with E-state index in [9.17, 15) is 4.79 Å². The van der Waals surface area contributed by atoms with Gasteiger partial charge in [0.05, 0.1) is 24.1 Å². The maximum atomic E-state index is 11.5. The molecule has 0 aliphatic heterocycles. The molecule has 1 unspecified atom stereocenters. The van der Waals surface area contributed by atoms with Gasteiger partial charge in [-0.1, -0.05) is 6.92 Å². The first-order chi connectivity index (χ1) is 10.7. The number of aryl methyl sites for hydroxylation is 1. The van der Waals surface area contributed by atoms with Gasteiger partial charge in [0.1, 0.15) is 0 Å². The Morgan fingerprint density at radius 3 is 2.77 bits per heavy atom. The highest BCUT2D eigenvalue weighted by atomic mass is 16.5. The molecule has 1 atom stereocenters. The Labute approximate surface area is 130 Å². The van der Waals surface area contributed by atoms with Gasteiger partial charge in [0.15, 0.2) is 0 Å². The summed E-state index contributed by atoms with van der Waals surface area (Å²) < 4.78 is 6.71. The van der Waals surface area contributed by atoms with E-state index in [2.05, 4.69) is 6.92 Å². The van der Waals surface area contributed by atoms with Crippen molar-refractivity contribution in [3.05, 3.63) is 46.8 Å². The number of carbonyl (C=O) groups is 1. The molecular weight excluding hydrogens is 278 g/mol. The summed E-state index contributed by atoms with van der Waals surface area (Å²) >= 11 is 0. The van der Waals surface area contributed by atoms with Crippen LogP contribution in [0.1, 0.15) is 53.1 Å². The van der Waals surface area contributed by atoms with Gasteiger partial charge in [-0.25, -0.2) is 9.48 Å². The van der Waals surface area contributed by atoms with E-state index >= 15 is 0 Å². The number of carbonyl (C=O) groups excluding carboxylic acids is 1. The minimum Gasteiger partial charge on any atom is -0.465 e. The van der Waals surface area contributed by atoms with Gasteiger partial charge in [-0.3, -0.25) is 0 Å². The molecule has 2 N–H and O–H groups in total. The third-order valence-corrected chi connectivity index (χ3v) is 4.27. The first kappa shape index (κ1) is 14.8. The lowest BCUT2D eigenvalue weighted by Gasteiger charge is -2.20. The van der Waals surface area contributed by atoms with Crippen LogP contribution >= 0.6 is 0 Å². The molecular formula is C17H21N3O2. The monoisotopic (exact) mass is 299 g/mol. The SMILES string of the molecule is CCc1nn(-c2ccc(C(=O)OC)cc2)c2c1C(N)CCC2. The van der Waals surface area contributed by atoms with Gasteiger partial charge in [-0.2, -0.15) is 5.10 Å². The lowest BCUT2D eigenvalue weighted by molar-refractivity contribution is 0.0601. The van der Waals surface area contributed by atoms with Crippen LogP contribution in [0.5, 0.6) is 0 Å². The second-order valence-corrected chi connectivity index (χ2v) is 5.61. The van der Waals surface area contributed by atoms with Crippen LogP contribution < -0.4 is 5.73 Å². The number of nitrogens with zero attached hydrogens (tertiary/aromatic N) is 2. The Morgan fingerprint density at radius 1 is 1.41 bits per heavy atom. The molecule has 22 heavy (non-hydrogen) atoms. The van der Waals surface area contributed by atoms with Gasteiger partial charge in [0.2, 0.25) is 0 Å². The second-order valence-electron chi connectivity index (χ2n) is 5.61. The van der Waals surface area contributed by atoms with Crippen LogP contribution in [0.3, 0.4) is 0 Å². The number of fused-ring (bicyclic) bond motifs is 1. The van der Waals surface area contributed by atoms with Crippen LogP contribution in [0.15, 0.2) is 24.3 Å². The third kappa shape index (κ3) is 2.41. The Kier molecular flexibility index (Phi) is 3.98. The number of esters is 1. The van der Waals surface area contributed by atoms with Crippen molar-refractivity contribution in [1.29, 1.82) is 0 Å². The predicted molar refractivity (Wildman–Crippen MR) is 84.1 cm³/mol. The number of methoxy groups -OCH3 is 1. The minimum absolute atomic E-state index is 0.0850. The van der Waals surface area contributed by atoms with Crippen LogP contribution in [0, 0.1) is 0 Å². The zero-order chi connectivity index (χ0) is 15.7. The number of benzene rings is 1. The van der Waals surface area contributed by atoms with Gasteiger partial charge < -0.3 is 10.5 Å². The largest absolute Gasteiger partial charge is 0.465 e. The smallest absolute Gasteiger partial charge is 0.337 e. The summed E-state index contributed by atoms with van der Waals surface area (Å²) in [5.74, 6) is -0.328. The average Bonchev–Trinajstić information content (AvgIpc) is 2.94. The maximum absolute atomic E-state index is 11.5. The molecule has 116 valence electrons. The molecule has 1 aromatic heterocycles. The van der Waals surface area contributed by atoms with Crippen molar-refractivity contribution >= 4 is 5.97 Å². The number of hydrogen-bond donors (Lipinski definition) is 1. The summed E-state index contributed by atoms with van der Waals surface area (Å²) in [5, 5.41) is 4.75.